The molecule has 2 aliphatic rings. The van der Waals surface area contributed by atoms with Crippen molar-refractivity contribution in [2.24, 2.45) is 5.92 Å². The second-order valence-corrected chi connectivity index (χ2v) is 7.93. The summed E-state index contributed by atoms with van der Waals surface area (Å²) >= 11 is 1.45. The van der Waals surface area contributed by atoms with Crippen molar-refractivity contribution in [2.75, 3.05) is 18.0 Å². The Hall–Kier alpha value is -2.29. The first kappa shape index (κ1) is 17.1. The summed E-state index contributed by atoms with van der Waals surface area (Å²) in [7, 11) is 0. The lowest BCUT2D eigenvalue weighted by molar-refractivity contribution is -0.136. The van der Waals surface area contributed by atoms with Gasteiger partial charge in [0.25, 0.3) is 0 Å². The van der Waals surface area contributed by atoms with Crippen molar-refractivity contribution in [1.29, 1.82) is 0 Å². The fraction of sp³-hybridized carbons (Fsp3) is 0.588. The fourth-order valence-electron chi connectivity index (χ4n) is 3.61. The zero-order valence-electron chi connectivity index (χ0n) is 15.0. The number of rotatable bonds is 4. The molecule has 26 heavy (non-hydrogen) atoms. The van der Waals surface area contributed by atoms with E-state index in [1.54, 1.807) is 4.90 Å². The molecule has 1 unspecified atom stereocenters. The predicted molar refractivity (Wildman–Crippen MR) is 96.8 cm³/mol. The zero-order chi connectivity index (χ0) is 18.3. The summed E-state index contributed by atoms with van der Waals surface area (Å²) in [6, 6.07) is 0. The molecule has 4 heterocycles. The van der Waals surface area contributed by atoms with Gasteiger partial charge >= 0.3 is 0 Å². The molecule has 0 radical (unpaired) electrons. The third kappa shape index (κ3) is 3.11. The summed E-state index contributed by atoms with van der Waals surface area (Å²) in [4.78, 5) is 36.5. The Morgan fingerprint density at radius 2 is 2.23 bits per heavy atom. The van der Waals surface area contributed by atoms with E-state index in [0.717, 1.165) is 41.5 Å². The Morgan fingerprint density at radius 1 is 1.38 bits per heavy atom. The third-order valence-corrected chi connectivity index (χ3v) is 5.89. The molecule has 1 N–H and O–H groups in total. The van der Waals surface area contributed by atoms with E-state index < -0.39 is 0 Å². The Kier molecular flexibility index (Phi) is 4.47. The fourth-order valence-corrected chi connectivity index (χ4v) is 4.58. The number of carbonyl (C=O) groups is 2. The minimum atomic E-state index is -0.313. The standard InChI is InChI=1S/C17H22N6O2S/c1-3-4-14-20-21-17(26-14)23-8-11(7-15(23)24)16(25)22-6-5-12-13(9-22)19-10(2)18-12/h11H,3-9H2,1-2H3,(H,18,19). The lowest BCUT2D eigenvalue weighted by atomic mass is 10.0. The normalized spacial score (nSPS) is 19.9. The smallest absolute Gasteiger partial charge is 0.229 e. The summed E-state index contributed by atoms with van der Waals surface area (Å²) in [6.45, 7) is 5.60. The number of hydrogen-bond donors (Lipinski definition) is 1. The van der Waals surface area contributed by atoms with Gasteiger partial charge in [-0.15, -0.1) is 10.2 Å². The molecule has 138 valence electrons. The number of H-pyrrole nitrogens is 1. The molecule has 2 aromatic heterocycles. The summed E-state index contributed by atoms with van der Waals surface area (Å²) in [6.07, 6.45) is 2.86. The number of imidazole rings is 1. The summed E-state index contributed by atoms with van der Waals surface area (Å²) in [5.41, 5.74) is 2.06. The predicted octanol–water partition coefficient (Wildman–Crippen LogP) is 1.46. The number of nitrogens with zero attached hydrogens (tertiary/aromatic N) is 5. The molecule has 0 bridgehead atoms. The Bertz CT molecular complexity index is 844. The topological polar surface area (TPSA) is 95.1 Å². The van der Waals surface area contributed by atoms with Crippen molar-refractivity contribution in [1.82, 2.24) is 25.1 Å². The van der Waals surface area contributed by atoms with Crippen LogP contribution < -0.4 is 4.90 Å². The molecule has 8 nitrogen and oxygen atoms in total. The molecule has 1 fully saturated rings. The van der Waals surface area contributed by atoms with Gasteiger partial charge in [0.1, 0.15) is 10.8 Å². The SMILES string of the molecule is CCCc1nnc(N2CC(C(=O)N3CCc4nc(C)[nH]c4C3)CC2=O)s1. The van der Waals surface area contributed by atoms with Gasteiger partial charge in [-0.3, -0.25) is 14.5 Å². The van der Waals surface area contributed by atoms with Gasteiger partial charge in [-0.25, -0.2) is 4.98 Å². The van der Waals surface area contributed by atoms with Crippen molar-refractivity contribution in [3.63, 3.8) is 0 Å². The third-order valence-electron chi connectivity index (χ3n) is 4.89. The maximum Gasteiger partial charge on any atom is 0.229 e. The second-order valence-electron chi connectivity index (χ2n) is 6.89. The van der Waals surface area contributed by atoms with Crippen LogP contribution in [0.4, 0.5) is 5.13 Å². The van der Waals surface area contributed by atoms with Gasteiger partial charge < -0.3 is 9.88 Å². The first-order valence-corrected chi connectivity index (χ1v) is 9.82. The van der Waals surface area contributed by atoms with Crippen molar-refractivity contribution in [3.8, 4) is 0 Å². The van der Waals surface area contributed by atoms with Crippen LogP contribution in [0.1, 0.15) is 42.0 Å². The quantitative estimate of drug-likeness (QED) is 0.874. The highest BCUT2D eigenvalue weighted by atomic mass is 32.1. The molecular weight excluding hydrogens is 352 g/mol. The first-order valence-electron chi connectivity index (χ1n) is 9.01. The van der Waals surface area contributed by atoms with Gasteiger partial charge in [-0.1, -0.05) is 18.3 Å². The Balaban J connectivity index is 1.44. The van der Waals surface area contributed by atoms with Gasteiger partial charge in [0, 0.05) is 32.4 Å². The second kappa shape index (κ2) is 6.79. The number of fused-ring (bicyclic) bond motifs is 1. The van der Waals surface area contributed by atoms with Crippen LogP contribution in [0.25, 0.3) is 0 Å². The van der Waals surface area contributed by atoms with Gasteiger partial charge in [-0.2, -0.15) is 0 Å². The van der Waals surface area contributed by atoms with Crippen LogP contribution in [0.2, 0.25) is 0 Å². The van der Waals surface area contributed by atoms with E-state index in [2.05, 4.69) is 27.1 Å². The number of aromatic amines is 1. The molecule has 0 saturated carbocycles. The number of amides is 2. The largest absolute Gasteiger partial charge is 0.344 e. The maximum absolute atomic E-state index is 12.9. The van der Waals surface area contributed by atoms with E-state index in [9.17, 15) is 9.59 Å². The van der Waals surface area contributed by atoms with Crippen LogP contribution in [0.15, 0.2) is 0 Å². The molecule has 0 aliphatic carbocycles. The molecule has 0 aromatic carbocycles. The summed E-state index contributed by atoms with van der Waals surface area (Å²) in [5, 5.41) is 9.83. The average Bonchev–Trinajstić information content (AvgIpc) is 3.31. The van der Waals surface area contributed by atoms with E-state index in [0.29, 0.717) is 24.8 Å². The Labute approximate surface area is 155 Å². The minimum Gasteiger partial charge on any atom is -0.344 e. The van der Waals surface area contributed by atoms with Gasteiger partial charge in [-0.05, 0) is 13.3 Å². The first-order chi connectivity index (χ1) is 12.5. The highest BCUT2D eigenvalue weighted by Gasteiger charge is 2.39. The lowest BCUT2D eigenvalue weighted by Gasteiger charge is -2.28. The van der Waals surface area contributed by atoms with Crippen molar-refractivity contribution in [2.45, 2.75) is 46.1 Å². The lowest BCUT2D eigenvalue weighted by Crippen LogP contribution is -2.40. The number of aryl methyl sites for hydroxylation is 2. The molecule has 4 rings (SSSR count). The van der Waals surface area contributed by atoms with Crippen LogP contribution >= 0.6 is 11.3 Å². The number of aromatic nitrogens is 4. The van der Waals surface area contributed by atoms with Crippen LogP contribution in [-0.4, -0.2) is 50.0 Å². The van der Waals surface area contributed by atoms with Crippen molar-refractivity contribution in [3.05, 3.63) is 22.2 Å². The monoisotopic (exact) mass is 374 g/mol. The average molecular weight is 374 g/mol. The zero-order valence-corrected chi connectivity index (χ0v) is 15.8. The van der Waals surface area contributed by atoms with E-state index in [-0.39, 0.29) is 24.2 Å². The molecule has 1 saturated heterocycles. The molecular formula is C17H22N6O2S. The molecule has 1 atom stereocenters. The summed E-state index contributed by atoms with van der Waals surface area (Å²) in [5.74, 6) is 0.562. The Morgan fingerprint density at radius 3 is 3.04 bits per heavy atom. The van der Waals surface area contributed by atoms with Crippen molar-refractivity contribution >= 4 is 28.3 Å². The number of hydrogen-bond acceptors (Lipinski definition) is 6. The van der Waals surface area contributed by atoms with Crippen molar-refractivity contribution < 1.29 is 9.59 Å². The minimum absolute atomic E-state index is 0.0389. The van der Waals surface area contributed by atoms with Crippen LogP contribution in [0, 0.1) is 12.8 Å². The number of carbonyl (C=O) groups excluding carboxylic acids is 2. The van der Waals surface area contributed by atoms with Crippen LogP contribution in [0.5, 0.6) is 0 Å². The molecule has 2 aliphatic heterocycles. The molecule has 0 spiro atoms. The molecule has 2 amide bonds. The van der Waals surface area contributed by atoms with Gasteiger partial charge in [0.15, 0.2) is 0 Å². The molecule has 2 aromatic rings. The van der Waals surface area contributed by atoms with E-state index in [1.807, 2.05) is 11.8 Å². The van der Waals surface area contributed by atoms with Crippen LogP contribution in [-0.2, 0) is 29.0 Å². The highest BCUT2D eigenvalue weighted by Crippen LogP contribution is 2.30. The maximum atomic E-state index is 12.9. The number of anilines is 1. The highest BCUT2D eigenvalue weighted by molar-refractivity contribution is 7.15. The van der Waals surface area contributed by atoms with Gasteiger partial charge in [0.05, 0.1) is 23.9 Å². The number of nitrogens with one attached hydrogen (secondary N) is 1. The van der Waals surface area contributed by atoms with Gasteiger partial charge in [0.2, 0.25) is 16.9 Å². The summed E-state index contributed by atoms with van der Waals surface area (Å²) < 4.78 is 0. The van der Waals surface area contributed by atoms with E-state index >= 15 is 0 Å². The van der Waals surface area contributed by atoms with E-state index in [1.165, 1.54) is 11.3 Å². The molecule has 9 heteroatoms. The van der Waals surface area contributed by atoms with E-state index in [4.69, 9.17) is 0 Å². The van der Waals surface area contributed by atoms with Crippen LogP contribution in [0.3, 0.4) is 0 Å².